The van der Waals surface area contributed by atoms with Crippen LogP contribution in [-0.4, -0.2) is 181 Å². The summed E-state index contributed by atoms with van der Waals surface area (Å²) in [6, 6.07) is 7.82. The van der Waals surface area contributed by atoms with Crippen molar-refractivity contribution in [1.82, 2.24) is 40.0 Å². The lowest BCUT2D eigenvalue weighted by Gasteiger charge is -2.39. The van der Waals surface area contributed by atoms with Crippen LogP contribution in [0.5, 0.6) is 0 Å². The Hall–Kier alpha value is -5.01. The molecule has 2 saturated carbocycles. The van der Waals surface area contributed by atoms with Gasteiger partial charge in [-0.2, -0.15) is 0 Å². The van der Waals surface area contributed by atoms with Gasteiger partial charge in [0, 0.05) is 125 Å². The highest BCUT2D eigenvalue weighted by molar-refractivity contribution is 5.95. The zero-order chi connectivity index (χ0) is 55.4. The molecule has 6 bridgehead atoms. The third kappa shape index (κ3) is 12.0. The van der Waals surface area contributed by atoms with E-state index in [0.29, 0.717) is 65.1 Å². The second-order valence-corrected chi connectivity index (χ2v) is 26.4. The number of methoxy groups -OCH3 is 1. The number of anilines is 2. The van der Waals surface area contributed by atoms with E-state index in [1.54, 1.807) is 12.1 Å². The van der Waals surface area contributed by atoms with E-state index in [0.717, 1.165) is 123 Å². The first-order valence-corrected chi connectivity index (χ1v) is 30.2. The lowest BCUT2D eigenvalue weighted by Crippen LogP contribution is -2.62. The van der Waals surface area contributed by atoms with Gasteiger partial charge in [-0.3, -0.25) is 34.2 Å². The van der Waals surface area contributed by atoms with Gasteiger partial charge in [-0.25, -0.2) is 10.2 Å². The third-order valence-electron chi connectivity index (χ3n) is 18.8. The fourth-order valence-corrected chi connectivity index (χ4v) is 14.4. The second kappa shape index (κ2) is 22.7. The fraction of sp³-hybridized carbons (Fsp3) is 0.721. The van der Waals surface area contributed by atoms with Crippen molar-refractivity contribution >= 4 is 46.2 Å². The van der Waals surface area contributed by atoms with Gasteiger partial charge < -0.3 is 43.5 Å². The van der Waals surface area contributed by atoms with Crippen molar-refractivity contribution < 1.29 is 38.1 Å². The van der Waals surface area contributed by atoms with Crippen molar-refractivity contribution in [1.29, 1.82) is 0 Å². The number of ether oxygens (including phenoxy) is 4. The molecule has 7 fully saturated rings. The van der Waals surface area contributed by atoms with Crippen molar-refractivity contribution in [2.24, 2.45) is 16.7 Å². The molecule has 8 heterocycles. The van der Waals surface area contributed by atoms with E-state index in [9.17, 15) is 9.59 Å². The standard InChI is InChI=1S/C61H90N10O8/c1-9-70-51-19-18-43-31-46(51)48(54(70)47-32-44(35-62-52(47)40(2)76-8)66-27-25-65(26-28-66)42-16-17-42)34-60(6,7)39-78-57(74)49-15-12-22-71(64-49)56(73)50(33-45-36-67(43)29-30-77-45)63-55(72)53(41-13-10-11-14-41)68-23-20-61(37-68)21-24-69(38-61)58(75)79-59(3,4)5/h18-19,31-32,35,40-42,45,49-50,53,64H,9-17,20-30,33-34,36-39H2,1-8H3,(H,63,72)/t40-,45-,49-,50-,53-,61-/m0/s1. The van der Waals surface area contributed by atoms with Crippen LogP contribution in [0.4, 0.5) is 16.2 Å². The number of hydrazine groups is 1. The molecule has 6 atom stereocenters. The minimum Gasteiger partial charge on any atom is -0.464 e. The predicted octanol–water partition coefficient (Wildman–Crippen LogP) is 7.31. The van der Waals surface area contributed by atoms with Gasteiger partial charge in [-0.1, -0.05) is 26.7 Å². The molecule has 0 radical (unpaired) electrons. The molecule has 2 aromatic heterocycles. The molecule has 3 aromatic rings. The smallest absolute Gasteiger partial charge is 0.410 e. The Morgan fingerprint density at radius 2 is 1.68 bits per heavy atom. The number of hydrogen-bond acceptors (Lipinski definition) is 14. The first-order valence-electron chi connectivity index (χ1n) is 30.2. The average Bonchev–Trinajstić information content (AvgIpc) is 3.91. The highest BCUT2D eigenvalue weighted by Crippen LogP contribution is 2.45. The van der Waals surface area contributed by atoms with Crippen LogP contribution in [0, 0.1) is 16.7 Å². The average molecular weight is 1090 g/mol. The number of carbonyl (C=O) groups excluding carboxylic acids is 4. The lowest BCUT2D eigenvalue weighted by molar-refractivity contribution is -0.156. The summed E-state index contributed by atoms with van der Waals surface area (Å²) in [6.07, 6.45) is 11.5. The van der Waals surface area contributed by atoms with Gasteiger partial charge in [-0.15, -0.1) is 0 Å². The Kier molecular flexibility index (Phi) is 16.1. The van der Waals surface area contributed by atoms with Crippen LogP contribution in [0.25, 0.3) is 22.2 Å². The summed E-state index contributed by atoms with van der Waals surface area (Å²) >= 11 is 0. The van der Waals surface area contributed by atoms with Crippen LogP contribution in [0.1, 0.15) is 136 Å². The number of aromatic nitrogens is 2. The molecule has 18 heteroatoms. The molecule has 2 N–H and O–H groups in total. The number of nitrogens with zero attached hydrogens (tertiary/aromatic N) is 8. The van der Waals surface area contributed by atoms with Crippen molar-refractivity contribution in [2.45, 2.75) is 174 Å². The highest BCUT2D eigenvalue weighted by atomic mass is 16.6. The van der Waals surface area contributed by atoms with Crippen molar-refractivity contribution in [3.63, 3.8) is 0 Å². The van der Waals surface area contributed by atoms with Crippen LogP contribution in [0.3, 0.4) is 0 Å². The van der Waals surface area contributed by atoms with E-state index in [1.807, 2.05) is 31.9 Å². The maximum absolute atomic E-state index is 15.3. The number of amides is 3. The van der Waals surface area contributed by atoms with Crippen molar-refractivity contribution in [2.75, 3.05) is 102 Å². The number of morpholine rings is 1. The van der Waals surface area contributed by atoms with Gasteiger partial charge in [0.05, 0.1) is 54.7 Å². The summed E-state index contributed by atoms with van der Waals surface area (Å²) in [6.45, 7) is 24.0. The number of aryl methyl sites for hydroxylation is 1. The number of piperazine rings is 1. The Morgan fingerprint density at radius 3 is 2.42 bits per heavy atom. The Morgan fingerprint density at radius 1 is 0.911 bits per heavy atom. The van der Waals surface area contributed by atoms with E-state index >= 15 is 9.59 Å². The van der Waals surface area contributed by atoms with Crippen molar-refractivity contribution in [3.8, 4) is 11.3 Å². The number of likely N-dealkylation sites (tertiary alicyclic amines) is 2. The number of nitrogens with one attached hydrogen (secondary N) is 2. The number of cyclic esters (lactones) is 1. The molecule has 79 heavy (non-hydrogen) atoms. The van der Waals surface area contributed by atoms with Gasteiger partial charge in [0.15, 0.2) is 0 Å². The van der Waals surface area contributed by atoms with Crippen LogP contribution in [0.2, 0.25) is 0 Å². The molecule has 1 aromatic carbocycles. The topological polar surface area (TPSA) is 167 Å². The zero-order valence-corrected chi connectivity index (χ0v) is 48.7. The molecule has 8 aliphatic rings. The summed E-state index contributed by atoms with van der Waals surface area (Å²) < 4.78 is 27.2. The van der Waals surface area contributed by atoms with Crippen LogP contribution in [0.15, 0.2) is 30.5 Å². The number of carbonyl (C=O) groups is 4. The maximum Gasteiger partial charge on any atom is 0.410 e. The van der Waals surface area contributed by atoms with E-state index in [4.69, 9.17) is 23.9 Å². The van der Waals surface area contributed by atoms with Gasteiger partial charge in [-0.05, 0) is 135 Å². The maximum atomic E-state index is 15.3. The Bertz CT molecular complexity index is 2720. The van der Waals surface area contributed by atoms with Gasteiger partial charge in [0.1, 0.15) is 17.7 Å². The molecular weight excluding hydrogens is 1000 g/mol. The minimum absolute atomic E-state index is 0.122. The first kappa shape index (κ1) is 55.9. The molecule has 3 amide bonds. The monoisotopic (exact) mass is 1090 g/mol. The highest BCUT2D eigenvalue weighted by Gasteiger charge is 2.50. The van der Waals surface area contributed by atoms with Crippen LogP contribution in [-0.2, 0) is 46.3 Å². The number of pyridine rings is 1. The molecule has 5 saturated heterocycles. The number of benzene rings is 1. The largest absolute Gasteiger partial charge is 0.464 e. The molecule has 6 aliphatic heterocycles. The second-order valence-electron chi connectivity index (χ2n) is 26.4. The number of fused-ring (bicyclic) bond motifs is 6. The Labute approximate surface area is 468 Å². The Balaban J connectivity index is 0.915. The number of hydrogen-bond donors (Lipinski definition) is 2. The number of esters is 1. The van der Waals surface area contributed by atoms with Crippen molar-refractivity contribution in [3.05, 3.63) is 41.7 Å². The molecule has 11 rings (SSSR count). The van der Waals surface area contributed by atoms with Crippen LogP contribution < -0.4 is 20.5 Å². The minimum atomic E-state index is -0.919. The SMILES string of the molecule is CCn1c(-c2cc(N3CCN(C4CC4)CC3)cnc2[C@H](C)OC)c2c3cc(ccc31)N1CCO[C@@H](C[C@H](NC(=O)[C@H](C3CCCC3)N3CC[C@]4(CCN(C(=O)OC(C)(C)C)C4)C3)C(=O)N3CCC[C@H](N3)C(=O)OCC(C)(C)C2)C1. The molecule has 1 spiro atoms. The summed E-state index contributed by atoms with van der Waals surface area (Å²) in [4.78, 5) is 74.8. The molecule has 0 unspecified atom stereocenters. The third-order valence-corrected chi connectivity index (χ3v) is 18.8. The normalized spacial score (nSPS) is 27.6. The summed E-state index contributed by atoms with van der Waals surface area (Å²) in [5.74, 6) is -0.658. The van der Waals surface area contributed by atoms with E-state index in [2.05, 4.69) is 86.9 Å². The van der Waals surface area contributed by atoms with Gasteiger partial charge >= 0.3 is 12.1 Å². The lowest BCUT2D eigenvalue weighted by atomic mass is 9.84. The van der Waals surface area contributed by atoms with E-state index in [1.165, 1.54) is 18.4 Å². The molecule has 432 valence electrons. The summed E-state index contributed by atoms with van der Waals surface area (Å²) in [5.41, 5.74) is 9.63. The van der Waals surface area contributed by atoms with Crippen LogP contribution >= 0.6 is 0 Å². The predicted molar refractivity (Wildman–Crippen MR) is 305 cm³/mol. The zero-order valence-electron chi connectivity index (χ0n) is 48.7. The number of rotatable bonds is 10. The first-order chi connectivity index (χ1) is 37.9. The van der Waals surface area contributed by atoms with Gasteiger partial charge in [0.2, 0.25) is 5.91 Å². The van der Waals surface area contributed by atoms with Gasteiger partial charge in [0.25, 0.3) is 5.91 Å². The van der Waals surface area contributed by atoms with E-state index in [-0.39, 0.29) is 54.5 Å². The quantitative estimate of drug-likeness (QED) is 0.194. The molecule has 18 nitrogen and oxygen atoms in total. The van der Waals surface area contributed by atoms with E-state index < -0.39 is 35.1 Å². The summed E-state index contributed by atoms with van der Waals surface area (Å²) in [7, 11) is 1.75. The fourth-order valence-electron chi connectivity index (χ4n) is 14.4. The molecule has 2 aliphatic carbocycles. The summed E-state index contributed by atoms with van der Waals surface area (Å²) in [5, 5.41) is 6.07. The molecular formula is C61H90N10O8.